The Morgan fingerprint density at radius 2 is 1.66 bits per heavy atom. The summed E-state index contributed by atoms with van der Waals surface area (Å²) in [6.45, 7) is 4.70. The van der Waals surface area contributed by atoms with E-state index in [0.717, 1.165) is 19.3 Å². The van der Waals surface area contributed by atoms with Crippen LogP contribution < -0.4 is 0 Å². The Bertz CT molecular complexity index is 815. The maximum atomic E-state index is 12.9. The van der Waals surface area contributed by atoms with Crippen LogP contribution in [0.15, 0.2) is 12.2 Å². The molecule has 0 amide bonds. The SMILES string of the molecule is C=C(C)C(=O)OC12CC3CC(C1)CC(C(=O)OCCOC(=O)CS(=O)(=O)O)(C3)C2. The third-order valence-corrected chi connectivity index (χ3v) is 6.58. The molecule has 4 aliphatic rings. The lowest BCUT2D eigenvalue weighted by atomic mass is 9.48. The number of rotatable bonds is 8. The molecule has 4 aliphatic carbocycles. The van der Waals surface area contributed by atoms with Gasteiger partial charge in [-0.05, 0) is 50.9 Å². The van der Waals surface area contributed by atoms with Crippen LogP contribution in [0.5, 0.6) is 0 Å². The molecule has 162 valence electrons. The molecular weight excluding hydrogens is 404 g/mol. The van der Waals surface area contributed by atoms with E-state index < -0.39 is 44.8 Å². The van der Waals surface area contributed by atoms with Gasteiger partial charge in [0.1, 0.15) is 18.8 Å². The molecule has 0 aromatic carbocycles. The lowest BCUT2D eigenvalue weighted by Gasteiger charge is -2.59. The minimum absolute atomic E-state index is 0.217. The van der Waals surface area contributed by atoms with E-state index in [1.54, 1.807) is 6.92 Å². The smallest absolute Gasteiger partial charge is 0.333 e. The molecule has 0 aliphatic heterocycles. The quantitative estimate of drug-likeness (QED) is 0.199. The van der Waals surface area contributed by atoms with E-state index >= 15 is 0 Å². The Morgan fingerprint density at radius 3 is 2.21 bits per heavy atom. The van der Waals surface area contributed by atoms with Gasteiger partial charge in [0.25, 0.3) is 10.1 Å². The molecule has 1 N–H and O–H groups in total. The third kappa shape index (κ3) is 4.98. The van der Waals surface area contributed by atoms with E-state index in [9.17, 15) is 22.8 Å². The van der Waals surface area contributed by atoms with E-state index in [2.05, 4.69) is 11.3 Å². The summed E-state index contributed by atoms with van der Waals surface area (Å²) in [7, 11) is -4.46. The molecule has 2 unspecified atom stereocenters. The minimum Gasteiger partial charge on any atom is -0.462 e. The van der Waals surface area contributed by atoms with Gasteiger partial charge in [-0.3, -0.25) is 14.1 Å². The van der Waals surface area contributed by atoms with Crippen molar-refractivity contribution < 1.29 is 41.6 Å². The van der Waals surface area contributed by atoms with Crippen molar-refractivity contribution in [2.75, 3.05) is 19.0 Å². The first-order chi connectivity index (χ1) is 13.4. The van der Waals surface area contributed by atoms with Gasteiger partial charge in [-0.1, -0.05) is 6.58 Å². The van der Waals surface area contributed by atoms with Gasteiger partial charge in [0.2, 0.25) is 0 Å². The van der Waals surface area contributed by atoms with Crippen molar-refractivity contribution in [3.05, 3.63) is 12.2 Å². The highest BCUT2D eigenvalue weighted by molar-refractivity contribution is 7.86. The molecular formula is C19H26O9S. The summed E-state index contributed by atoms with van der Waals surface area (Å²) in [5.74, 6) is -2.55. The predicted octanol–water partition coefficient (Wildman–Crippen LogP) is 1.42. The first kappa shape index (κ1) is 21.8. The van der Waals surface area contributed by atoms with Gasteiger partial charge in [-0.25, -0.2) is 4.79 Å². The number of carbonyl (C=O) groups is 3. The van der Waals surface area contributed by atoms with Crippen LogP contribution in [0.25, 0.3) is 0 Å². The van der Waals surface area contributed by atoms with Crippen molar-refractivity contribution in [2.45, 2.75) is 51.0 Å². The Hall–Kier alpha value is -1.94. The average Bonchev–Trinajstić information content (AvgIpc) is 2.55. The Balaban J connectivity index is 1.58. The first-order valence-corrected chi connectivity index (χ1v) is 11.2. The van der Waals surface area contributed by atoms with Gasteiger partial charge in [-0.2, -0.15) is 8.42 Å². The first-order valence-electron chi connectivity index (χ1n) is 9.59. The van der Waals surface area contributed by atoms with E-state index in [1.807, 2.05) is 0 Å². The van der Waals surface area contributed by atoms with Gasteiger partial charge in [-0.15, -0.1) is 0 Å². The summed E-state index contributed by atoms with van der Waals surface area (Å²) < 4.78 is 45.6. The predicted molar refractivity (Wildman–Crippen MR) is 99.1 cm³/mol. The molecule has 4 bridgehead atoms. The van der Waals surface area contributed by atoms with Crippen molar-refractivity contribution in [2.24, 2.45) is 17.3 Å². The molecule has 0 heterocycles. The van der Waals surface area contributed by atoms with Crippen LogP contribution in [0.1, 0.15) is 45.4 Å². The van der Waals surface area contributed by atoms with Gasteiger partial charge in [0.15, 0.2) is 5.75 Å². The molecule has 10 heteroatoms. The lowest BCUT2D eigenvalue weighted by molar-refractivity contribution is -0.210. The van der Waals surface area contributed by atoms with Gasteiger partial charge < -0.3 is 14.2 Å². The number of hydrogen-bond donors (Lipinski definition) is 1. The molecule has 0 spiro atoms. The molecule has 0 radical (unpaired) electrons. The highest BCUT2D eigenvalue weighted by Gasteiger charge is 2.63. The summed E-state index contributed by atoms with van der Waals surface area (Å²) in [6.07, 6.45) is 4.26. The standard InChI is InChI=1S/C19H26O9S/c1-12(2)16(21)28-19-8-13-5-14(9-19)7-18(6-13,11-19)17(22)27-4-3-26-15(20)10-29(23,24)25/h13-14H,1,3-11H2,2H3,(H,23,24,25). The molecule has 0 aromatic rings. The molecule has 4 fully saturated rings. The summed E-state index contributed by atoms with van der Waals surface area (Å²) in [6, 6.07) is 0. The summed E-state index contributed by atoms with van der Waals surface area (Å²) >= 11 is 0. The number of carbonyl (C=O) groups excluding carboxylic acids is 3. The highest BCUT2D eigenvalue weighted by Crippen LogP contribution is 2.63. The third-order valence-electron chi connectivity index (χ3n) is 5.98. The lowest BCUT2D eigenvalue weighted by Crippen LogP contribution is -2.60. The second-order valence-corrected chi connectivity index (χ2v) is 10.1. The Labute approximate surface area is 169 Å². The molecule has 4 rings (SSSR count). The fraction of sp³-hybridized carbons (Fsp3) is 0.737. The Morgan fingerprint density at radius 1 is 1.07 bits per heavy atom. The second-order valence-electron chi connectivity index (χ2n) is 8.68. The molecule has 9 nitrogen and oxygen atoms in total. The van der Waals surface area contributed by atoms with Crippen molar-refractivity contribution in [3.63, 3.8) is 0 Å². The van der Waals surface area contributed by atoms with Gasteiger partial charge in [0, 0.05) is 12.0 Å². The highest BCUT2D eigenvalue weighted by atomic mass is 32.2. The van der Waals surface area contributed by atoms with Crippen molar-refractivity contribution in [3.8, 4) is 0 Å². The zero-order chi connectivity index (χ0) is 21.4. The number of ether oxygens (including phenoxy) is 3. The molecule has 0 aromatic heterocycles. The normalized spacial score (nSPS) is 32.5. The Kier molecular flexibility index (Phi) is 5.79. The van der Waals surface area contributed by atoms with Crippen LogP contribution in [0.4, 0.5) is 0 Å². The van der Waals surface area contributed by atoms with E-state index in [4.69, 9.17) is 14.0 Å². The van der Waals surface area contributed by atoms with Crippen molar-refractivity contribution >= 4 is 28.0 Å². The minimum atomic E-state index is -4.46. The molecule has 4 saturated carbocycles. The van der Waals surface area contributed by atoms with Crippen molar-refractivity contribution in [1.29, 1.82) is 0 Å². The molecule has 2 atom stereocenters. The van der Waals surface area contributed by atoms with Gasteiger partial charge >= 0.3 is 17.9 Å². The van der Waals surface area contributed by atoms with E-state index in [0.29, 0.717) is 24.8 Å². The monoisotopic (exact) mass is 430 g/mol. The van der Waals surface area contributed by atoms with Crippen LogP contribution in [0.2, 0.25) is 0 Å². The fourth-order valence-corrected chi connectivity index (χ4v) is 5.84. The van der Waals surface area contributed by atoms with E-state index in [-0.39, 0.29) is 25.0 Å². The zero-order valence-electron chi connectivity index (χ0n) is 16.3. The van der Waals surface area contributed by atoms with E-state index in [1.165, 1.54) is 0 Å². The maximum absolute atomic E-state index is 12.9. The van der Waals surface area contributed by atoms with Crippen LogP contribution in [-0.2, 0) is 38.7 Å². The molecule has 29 heavy (non-hydrogen) atoms. The fourth-order valence-electron chi connectivity index (χ4n) is 5.45. The summed E-state index contributed by atoms with van der Waals surface area (Å²) in [5, 5.41) is 0. The van der Waals surface area contributed by atoms with Gasteiger partial charge in [0.05, 0.1) is 5.41 Å². The number of hydrogen-bond acceptors (Lipinski definition) is 8. The van der Waals surface area contributed by atoms with Crippen LogP contribution in [0, 0.1) is 17.3 Å². The van der Waals surface area contributed by atoms with Crippen LogP contribution in [-0.4, -0.2) is 55.4 Å². The molecule has 0 saturated heterocycles. The van der Waals surface area contributed by atoms with Crippen LogP contribution >= 0.6 is 0 Å². The largest absolute Gasteiger partial charge is 0.462 e. The second kappa shape index (κ2) is 7.71. The summed E-state index contributed by atoms with van der Waals surface area (Å²) in [5.41, 5.74) is -1.07. The average molecular weight is 430 g/mol. The topological polar surface area (TPSA) is 133 Å². The number of esters is 3. The van der Waals surface area contributed by atoms with Crippen LogP contribution in [0.3, 0.4) is 0 Å². The summed E-state index contributed by atoms with van der Waals surface area (Å²) in [4.78, 5) is 36.3. The maximum Gasteiger partial charge on any atom is 0.333 e. The van der Waals surface area contributed by atoms with Crippen molar-refractivity contribution in [1.82, 2.24) is 0 Å². The zero-order valence-corrected chi connectivity index (χ0v) is 17.2.